The molecule has 0 aromatic heterocycles. The highest BCUT2D eigenvalue weighted by molar-refractivity contribution is 5.85. The Hall–Kier alpha value is -0.460. The Morgan fingerprint density at radius 1 is 1.33 bits per heavy atom. The molecule has 3 nitrogen and oxygen atoms in total. The summed E-state index contributed by atoms with van der Waals surface area (Å²) in [6.07, 6.45) is 2.10. The molecule has 52 valence electrons. The van der Waals surface area contributed by atoms with Gasteiger partial charge in [-0.2, -0.15) is 5.26 Å². The van der Waals surface area contributed by atoms with Crippen LogP contribution in [0.4, 0.5) is 0 Å². The number of piperazine rings is 1. The van der Waals surface area contributed by atoms with Gasteiger partial charge >= 0.3 is 0 Å². The van der Waals surface area contributed by atoms with E-state index in [9.17, 15) is 0 Å². The maximum Gasteiger partial charge on any atom is 0.179 e. The summed E-state index contributed by atoms with van der Waals surface area (Å²) in [4.78, 5) is 1.76. The fourth-order valence-corrected chi connectivity index (χ4v) is 0.765. The number of nitriles is 1. The zero-order chi connectivity index (χ0) is 5.82. The normalized spacial score (nSPS) is 17.9. The Morgan fingerprint density at radius 3 is 2.22 bits per heavy atom. The third-order valence-electron chi connectivity index (χ3n) is 1.26. The molecule has 0 spiro atoms. The Labute approximate surface area is 61.0 Å². The van der Waals surface area contributed by atoms with Crippen molar-refractivity contribution in [2.24, 2.45) is 0 Å². The molecule has 1 aliphatic rings. The first kappa shape index (κ1) is 8.54. The molecule has 0 radical (unpaired) electrons. The first-order valence-corrected chi connectivity index (χ1v) is 2.79. The molecule has 0 bridgehead atoms. The Bertz CT molecular complexity index is 103. The number of hydrogen-bond acceptors (Lipinski definition) is 3. The Balaban J connectivity index is 0.000000640. The van der Waals surface area contributed by atoms with E-state index in [1.165, 1.54) is 0 Å². The third-order valence-corrected chi connectivity index (χ3v) is 1.26. The van der Waals surface area contributed by atoms with Crippen molar-refractivity contribution in [1.29, 1.82) is 5.26 Å². The first-order chi connectivity index (χ1) is 3.93. The molecule has 0 atom stereocenters. The fourth-order valence-electron chi connectivity index (χ4n) is 0.765. The lowest BCUT2D eigenvalue weighted by molar-refractivity contribution is 0.337. The molecule has 1 saturated heterocycles. The van der Waals surface area contributed by atoms with Crippen LogP contribution in [0.5, 0.6) is 0 Å². The molecule has 0 amide bonds. The second-order valence-electron chi connectivity index (χ2n) is 1.84. The van der Waals surface area contributed by atoms with Crippen molar-refractivity contribution in [3.05, 3.63) is 0 Å². The van der Waals surface area contributed by atoms with Crippen LogP contribution < -0.4 is 5.32 Å². The predicted molar refractivity (Wildman–Crippen MR) is 37.3 cm³/mol. The third kappa shape index (κ3) is 2.54. The smallest absolute Gasteiger partial charge is 0.179 e. The Morgan fingerprint density at radius 2 is 1.89 bits per heavy atom. The number of rotatable bonds is 0. The van der Waals surface area contributed by atoms with Crippen molar-refractivity contribution in [3.8, 4) is 6.19 Å². The van der Waals surface area contributed by atoms with E-state index in [0.29, 0.717) is 0 Å². The quantitative estimate of drug-likeness (QED) is 0.483. The van der Waals surface area contributed by atoms with E-state index in [2.05, 4.69) is 11.5 Å². The monoisotopic (exact) mass is 147 g/mol. The molecule has 0 saturated carbocycles. The van der Waals surface area contributed by atoms with Gasteiger partial charge in [0.1, 0.15) is 0 Å². The molecule has 0 aromatic carbocycles. The summed E-state index contributed by atoms with van der Waals surface area (Å²) in [6, 6.07) is 0. The van der Waals surface area contributed by atoms with E-state index in [1.807, 2.05) is 0 Å². The van der Waals surface area contributed by atoms with Gasteiger partial charge in [0.05, 0.1) is 0 Å². The van der Waals surface area contributed by atoms with Crippen LogP contribution >= 0.6 is 12.4 Å². The maximum atomic E-state index is 8.34. The van der Waals surface area contributed by atoms with Gasteiger partial charge in [-0.25, -0.2) is 0 Å². The first-order valence-electron chi connectivity index (χ1n) is 2.79. The van der Waals surface area contributed by atoms with Crippen molar-refractivity contribution in [2.45, 2.75) is 0 Å². The van der Waals surface area contributed by atoms with E-state index in [-0.39, 0.29) is 12.4 Å². The van der Waals surface area contributed by atoms with Crippen molar-refractivity contribution >= 4 is 12.4 Å². The second-order valence-corrected chi connectivity index (χ2v) is 1.84. The SMILES string of the molecule is Cl.N#CN1CCNCC1. The zero-order valence-electron chi connectivity index (χ0n) is 5.13. The molecular formula is C5H10ClN3. The summed E-state index contributed by atoms with van der Waals surface area (Å²) in [5.41, 5.74) is 0. The molecule has 0 unspecified atom stereocenters. The molecule has 1 N–H and O–H groups in total. The standard InChI is InChI=1S/C5H9N3.ClH/c6-5-8-3-1-7-2-4-8;/h7H,1-4H2;1H. The molecule has 1 heterocycles. The predicted octanol–water partition coefficient (Wildman–Crippen LogP) is -0.206. The van der Waals surface area contributed by atoms with Crippen LogP contribution in [0.25, 0.3) is 0 Å². The van der Waals surface area contributed by atoms with Crippen LogP contribution in [0.1, 0.15) is 0 Å². The minimum Gasteiger partial charge on any atom is -0.313 e. The minimum atomic E-state index is 0. The zero-order valence-corrected chi connectivity index (χ0v) is 5.95. The molecule has 1 aliphatic heterocycles. The van der Waals surface area contributed by atoms with Gasteiger partial charge in [0.2, 0.25) is 0 Å². The maximum absolute atomic E-state index is 8.34. The number of halogens is 1. The minimum absolute atomic E-state index is 0. The Kier molecular flexibility index (Phi) is 4.20. The van der Waals surface area contributed by atoms with E-state index >= 15 is 0 Å². The molecular weight excluding hydrogens is 138 g/mol. The van der Waals surface area contributed by atoms with E-state index in [0.717, 1.165) is 26.2 Å². The fraction of sp³-hybridized carbons (Fsp3) is 0.800. The number of nitrogens with zero attached hydrogens (tertiary/aromatic N) is 2. The van der Waals surface area contributed by atoms with Crippen molar-refractivity contribution in [3.63, 3.8) is 0 Å². The lowest BCUT2D eigenvalue weighted by Crippen LogP contribution is -2.40. The van der Waals surface area contributed by atoms with Crippen LogP contribution in [-0.4, -0.2) is 31.1 Å². The van der Waals surface area contributed by atoms with Crippen molar-refractivity contribution in [2.75, 3.05) is 26.2 Å². The molecule has 0 aromatic rings. The lowest BCUT2D eigenvalue weighted by atomic mass is 10.4. The van der Waals surface area contributed by atoms with Crippen LogP contribution in [0.15, 0.2) is 0 Å². The van der Waals surface area contributed by atoms with Gasteiger partial charge in [0, 0.05) is 26.2 Å². The van der Waals surface area contributed by atoms with Gasteiger partial charge in [-0.3, -0.25) is 0 Å². The summed E-state index contributed by atoms with van der Waals surface area (Å²) in [5, 5.41) is 11.5. The summed E-state index contributed by atoms with van der Waals surface area (Å²) in [5.74, 6) is 0. The summed E-state index contributed by atoms with van der Waals surface area (Å²) in [6.45, 7) is 3.65. The average Bonchev–Trinajstić information content (AvgIpc) is 1.90. The molecule has 9 heavy (non-hydrogen) atoms. The van der Waals surface area contributed by atoms with Crippen molar-refractivity contribution < 1.29 is 0 Å². The van der Waals surface area contributed by atoms with E-state index in [1.54, 1.807) is 4.90 Å². The van der Waals surface area contributed by atoms with Gasteiger partial charge in [0.25, 0.3) is 0 Å². The van der Waals surface area contributed by atoms with Crippen LogP contribution in [0.3, 0.4) is 0 Å². The summed E-state index contributed by atoms with van der Waals surface area (Å²) < 4.78 is 0. The molecule has 0 aliphatic carbocycles. The average molecular weight is 148 g/mol. The molecule has 4 heteroatoms. The highest BCUT2D eigenvalue weighted by Crippen LogP contribution is 1.86. The van der Waals surface area contributed by atoms with Gasteiger partial charge in [-0.15, -0.1) is 12.4 Å². The summed E-state index contributed by atoms with van der Waals surface area (Å²) in [7, 11) is 0. The van der Waals surface area contributed by atoms with Gasteiger partial charge in [-0.1, -0.05) is 0 Å². The van der Waals surface area contributed by atoms with E-state index in [4.69, 9.17) is 5.26 Å². The molecule has 1 fully saturated rings. The highest BCUT2D eigenvalue weighted by atomic mass is 35.5. The van der Waals surface area contributed by atoms with Crippen LogP contribution in [0, 0.1) is 11.5 Å². The highest BCUT2D eigenvalue weighted by Gasteiger charge is 2.04. The summed E-state index contributed by atoms with van der Waals surface area (Å²) >= 11 is 0. The van der Waals surface area contributed by atoms with Crippen LogP contribution in [0.2, 0.25) is 0 Å². The topological polar surface area (TPSA) is 39.1 Å². The van der Waals surface area contributed by atoms with Gasteiger partial charge in [-0.05, 0) is 0 Å². The largest absolute Gasteiger partial charge is 0.313 e. The second kappa shape index (κ2) is 4.42. The van der Waals surface area contributed by atoms with E-state index < -0.39 is 0 Å². The number of nitrogens with one attached hydrogen (secondary N) is 1. The number of hydrogen-bond donors (Lipinski definition) is 1. The van der Waals surface area contributed by atoms with Crippen LogP contribution in [-0.2, 0) is 0 Å². The lowest BCUT2D eigenvalue weighted by Gasteiger charge is -2.20. The molecule has 1 rings (SSSR count). The van der Waals surface area contributed by atoms with Gasteiger partial charge in [0.15, 0.2) is 6.19 Å². The van der Waals surface area contributed by atoms with Gasteiger partial charge < -0.3 is 10.2 Å². The van der Waals surface area contributed by atoms with Crippen molar-refractivity contribution in [1.82, 2.24) is 10.2 Å².